The fraction of sp³-hybridized carbons (Fsp3) is 0.417. The van der Waals surface area contributed by atoms with E-state index < -0.39 is 0 Å². The van der Waals surface area contributed by atoms with Gasteiger partial charge in [-0.25, -0.2) is 4.98 Å². The van der Waals surface area contributed by atoms with E-state index >= 15 is 0 Å². The van der Waals surface area contributed by atoms with E-state index in [-0.39, 0.29) is 17.9 Å². The van der Waals surface area contributed by atoms with Gasteiger partial charge in [-0.2, -0.15) is 0 Å². The zero-order chi connectivity index (χ0) is 22.9. The van der Waals surface area contributed by atoms with E-state index in [1.165, 1.54) is 11.1 Å². The number of nitrogens with one attached hydrogen (secondary N) is 1. The van der Waals surface area contributed by atoms with Crippen LogP contribution in [0.2, 0.25) is 0 Å². The molecule has 1 unspecified atom stereocenters. The number of aromatic nitrogens is 2. The van der Waals surface area contributed by atoms with Crippen LogP contribution in [-0.4, -0.2) is 39.4 Å². The summed E-state index contributed by atoms with van der Waals surface area (Å²) in [7, 11) is 0. The Morgan fingerprint density at radius 1 is 1.28 bits per heavy atom. The second-order valence-corrected chi connectivity index (χ2v) is 9.07. The number of aryl methyl sites for hydroxylation is 1. The Labute approximate surface area is 192 Å². The number of likely N-dealkylation sites (tertiary alicyclic amines) is 1. The molecule has 0 saturated carbocycles. The van der Waals surface area contributed by atoms with Gasteiger partial charge in [0.15, 0.2) is 0 Å². The highest BCUT2D eigenvalue weighted by Gasteiger charge is 2.33. The van der Waals surface area contributed by atoms with Crippen molar-refractivity contribution in [3.8, 4) is 10.4 Å². The summed E-state index contributed by atoms with van der Waals surface area (Å²) in [5, 5.41) is 6.35. The van der Waals surface area contributed by atoms with Gasteiger partial charge < -0.3 is 14.7 Å². The number of benzene rings is 1. The van der Waals surface area contributed by atoms with Crippen LogP contribution < -0.4 is 5.32 Å². The van der Waals surface area contributed by atoms with Crippen LogP contribution in [0.1, 0.15) is 44.4 Å². The zero-order valence-corrected chi connectivity index (χ0v) is 19.6. The summed E-state index contributed by atoms with van der Waals surface area (Å²) in [5.74, 6) is 0.349. The Kier molecular flexibility index (Phi) is 8.56. The highest BCUT2D eigenvalue weighted by molar-refractivity contribution is 7.13. The molecule has 7 nitrogen and oxygen atoms in total. The Hall–Kier alpha value is -3.00. The highest BCUT2D eigenvalue weighted by Crippen LogP contribution is 2.27. The predicted molar refractivity (Wildman–Crippen MR) is 125 cm³/mol. The van der Waals surface area contributed by atoms with E-state index in [2.05, 4.69) is 32.1 Å². The molecule has 32 heavy (non-hydrogen) atoms. The van der Waals surface area contributed by atoms with Crippen LogP contribution in [0.4, 0.5) is 0 Å². The molecule has 3 aromatic rings. The summed E-state index contributed by atoms with van der Waals surface area (Å²) in [5.41, 5.74) is 5.08. The Morgan fingerprint density at radius 2 is 2.06 bits per heavy atom. The van der Waals surface area contributed by atoms with E-state index in [0.29, 0.717) is 25.4 Å². The summed E-state index contributed by atoms with van der Waals surface area (Å²) in [6.45, 7) is 7.23. The second kappa shape index (κ2) is 11.6. The quantitative estimate of drug-likeness (QED) is 0.595. The third kappa shape index (κ3) is 6.50. The summed E-state index contributed by atoms with van der Waals surface area (Å²) >= 11 is 1.63. The van der Waals surface area contributed by atoms with E-state index in [4.69, 9.17) is 0 Å². The van der Waals surface area contributed by atoms with Crippen LogP contribution in [-0.2, 0) is 16.1 Å². The van der Waals surface area contributed by atoms with Crippen LogP contribution in [0.25, 0.3) is 10.4 Å². The zero-order valence-electron chi connectivity index (χ0n) is 18.8. The monoisotopic (exact) mass is 454 g/mol. The molecule has 4 rings (SSSR count). The highest BCUT2D eigenvalue weighted by atomic mass is 32.1. The maximum Gasteiger partial charge on any atom is 0.243 e. The van der Waals surface area contributed by atoms with Gasteiger partial charge in [-0.05, 0) is 42.9 Å². The first-order chi connectivity index (χ1) is 15.5. The van der Waals surface area contributed by atoms with E-state index in [1.54, 1.807) is 28.5 Å². The van der Waals surface area contributed by atoms with Crippen molar-refractivity contribution >= 4 is 23.2 Å². The third-order valence-electron chi connectivity index (χ3n) is 5.23. The van der Waals surface area contributed by atoms with Gasteiger partial charge in [0.2, 0.25) is 11.8 Å². The lowest BCUT2D eigenvalue weighted by Gasteiger charge is -2.24. The number of thiazole rings is 1. The van der Waals surface area contributed by atoms with E-state index in [1.807, 2.05) is 38.4 Å². The fourth-order valence-corrected chi connectivity index (χ4v) is 4.45. The first-order valence-electron chi connectivity index (χ1n) is 10.9. The maximum atomic E-state index is 12.6. The molecular weight excluding hydrogens is 424 g/mol. The average molecular weight is 455 g/mol. The Morgan fingerprint density at radius 3 is 2.62 bits per heavy atom. The first kappa shape index (κ1) is 23.7. The lowest BCUT2D eigenvalue weighted by molar-refractivity contribution is -0.139. The van der Waals surface area contributed by atoms with Crippen LogP contribution >= 0.6 is 11.3 Å². The van der Waals surface area contributed by atoms with Gasteiger partial charge in [-0.1, -0.05) is 43.3 Å². The lowest BCUT2D eigenvalue weighted by atomic mass is 10.1. The molecule has 0 bridgehead atoms. The topological polar surface area (TPSA) is 88.3 Å². The predicted octanol–water partition coefficient (Wildman–Crippen LogP) is 4.45. The Bertz CT molecular complexity index is 966. The molecule has 1 fully saturated rings. The molecule has 8 heteroatoms. The van der Waals surface area contributed by atoms with Gasteiger partial charge in [0.05, 0.1) is 22.3 Å². The van der Waals surface area contributed by atoms with Crippen molar-refractivity contribution in [1.82, 2.24) is 20.4 Å². The normalized spacial score (nSPS) is 15.4. The minimum atomic E-state index is -0.324. The minimum absolute atomic E-state index is 0.0491. The van der Waals surface area contributed by atoms with Crippen molar-refractivity contribution < 1.29 is 14.1 Å². The van der Waals surface area contributed by atoms with Gasteiger partial charge in [0, 0.05) is 19.5 Å². The van der Waals surface area contributed by atoms with E-state index in [0.717, 1.165) is 29.7 Å². The van der Waals surface area contributed by atoms with Gasteiger partial charge in [-0.3, -0.25) is 9.59 Å². The summed E-state index contributed by atoms with van der Waals surface area (Å²) in [4.78, 5) is 32.2. The second-order valence-electron chi connectivity index (χ2n) is 8.21. The average Bonchev–Trinajstić information content (AvgIpc) is 3.55. The largest absolute Gasteiger partial charge is 0.365 e. The minimum Gasteiger partial charge on any atom is -0.365 e. The smallest absolute Gasteiger partial charge is 0.243 e. The number of hydrogen-bond donors (Lipinski definition) is 1. The van der Waals surface area contributed by atoms with E-state index in [9.17, 15) is 9.59 Å². The van der Waals surface area contributed by atoms with Crippen molar-refractivity contribution in [2.75, 3.05) is 6.54 Å². The Balaban J connectivity index is 0.000000509. The van der Waals surface area contributed by atoms with Gasteiger partial charge in [-0.15, -0.1) is 11.3 Å². The molecule has 3 heterocycles. The maximum absolute atomic E-state index is 12.6. The molecule has 1 N–H and O–H groups in total. The molecule has 170 valence electrons. The first-order valence-corrected chi connectivity index (χ1v) is 11.7. The molecule has 0 radical (unpaired) electrons. The number of carbonyl (C=O) groups excluding carboxylic acids is 2. The van der Waals surface area contributed by atoms with Crippen LogP contribution in [0.15, 0.2) is 52.8 Å². The van der Waals surface area contributed by atoms with Crippen LogP contribution in [0.5, 0.6) is 0 Å². The summed E-state index contributed by atoms with van der Waals surface area (Å²) in [6, 6.07) is 9.60. The SMILES string of the molecule is Cc1ncsc1-c1ccc(CNC(=O)C2CCCN2C(=O)CC(C)C)cc1.c1cnoc1. The van der Waals surface area contributed by atoms with Crippen molar-refractivity contribution in [3.63, 3.8) is 0 Å². The van der Waals surface area contributed by atoms with Crippen molar-refractivity contribution in [2.45, 2.75) is 52.6 Å². The molecule has 0 spiro atoms. The number of hydrogen-bond acceptors (Lipinski definition) is 6. The molecule has 1 saturated heterocycles. The molecular formula is C24H30N4O3S. The summed E-state index contributed by atoms with van der Waals surface area (Å²) < 4.78 is 4.33. The standard InChI is InChI=1S/C21H27N3O2S.C3H3NO/c1-14(2)11-19(25)24-10-4-5-18(24)21(26)22-12-16-6-8-17(9-7-16)20-15(3)23-13-27-20;1-2-4-5-3-1/h6-9,13-14,18H,4-5,10-12H2,1-3H3,(H,22,26);1-3H. The third-order valence-corrected chi connectivity index (χ3v) is 6.21. The van der Waals surface area contributed by atoms with Crippen LogP contribution in [0, 0.1) is 12.8 Å². The molecule has 1 atom stereocenters. The number of nitrogens with zero attached hydrogens (tertiary/aromatic N) is 3. The summed E-state index contributed by atoms with van der Waals surface area (Å²) in [6.07, 6.45) is 5.24. The molecule has 2 aromatic heterocycles. The van der Waals surface area contributed by atoms with Crippen molar-refractivity contribution in [3.05, 3.63) is 59.6 Å². The molecule has 0 aliphatic carbocycles. The van der Waals surface area contributed by atoms with Gasteiger partial charge in [0.1, 0.15) is 12.3 Å². The molecule has 1 aliphatic rings. The molecule has 1 aromatic carbocycles. The fourth-order valence-electron chi connectivity index (χ4n) is 3.64. The molecule has 1 aliphatic heterocycles. The van der Waals surface area contributed by atoms with Gasteiger partial charge in [0.25, 0.3) is 0 Å². The van der Waals surface area contributed by atoms with Gasteiger partial charge >= 0.3 is 0 Å². The van der Waals surface area contributed by atoms with Crippen molar-refractivity contribution in [1.29, 1.82) is 0 Å². The lowest BCUT2D eigenvalue weighted by Crippen LogP contribution is -2.46. The molecule has 2 amide bonds. The number of rotatable bonds is 6. The number of amides is 2. The van der Waals surface area contributed by atoms with Crippen molar-refractivity contribution in [2.24, 2.45) is 5.92 Å². The van der Waals surface area contributed by atoms with Crippen LogP contribution in [0.3, 0.4) is 0 Å². The number of carbonyl (C=O) groups is 2.